The van der Waals surface area contributed by atoms with Crippen molar-refractivity contribution in [2.24, 2.45) is 0 Å². The molecule has 1 heterocycles. The Morgan fingerprint density at radius 2 is 1.93 bits per heavy atom. The maximum absolute atomic E-state index is 5.16. The Kier molecular flexibility index (Phi) is 2.50. The second-order valence-corrected chi connectivity index (χ2v) is 3.57. The summed E-state index contributed by atoms with van der Waals surface area (Å²) in [6.07, 6.45) is 2.91. The molecule has 1 aromatic heterocycles. The first-order valence-corrected chi connectivity index (χ1v) is 5.08. The van der Waals surface area contributed by atoms with Gasteiger partial charge in [-0.25, -0.2) is 4.68 Å². The Bertz CT molecular complexity index is 465. The van der Waals surface area contributed by atoms with Gasteiger partial charge < -0.3 is 5.10 Å². The van der Waals surface area contributed by atoms with Crippen molar-refractivity contribution in [3.8, 4) is 5.69 Å². The summed E-state index contributed by atoms with van der Waals surface area (Å²) in [5.74, 6) is 0. The zero-order valence-corrected chi connectivity index (χ0v) is 8.84. The molecule has 0 atom stereocenters. The number of aryl methyl sites for hydroxylation is 1. The van der Waals surface area contributed by atoms with E-state index in [1.807, 2.05) is 16.9 Å². The second kappa shape index (κ2) is 3.80. The van der Waals surface area contributed by atoms with Gasteiger partial charge in [-0.1, -0.05) is 31.3 Å². The molecule has 0 unspecified atom stereocenters. The lowest BCUT2D eigenvalue weighted by atomic mass is 10.1. The Morgan fingerprint density at radius 1 is 1.21 bits per heavy atom. The van der Waals surface area contributed by atoms with Crippen LogP contribution >= 0.6 is 12.2 Å². The number of aromatic nitrogens is 2. The molecule has 72 valence electrons. The molecule has 0 amide bonds. The van der Waals surface area contributed by atoms with E-state index in [9.17, 15) is 0 Å². The van der Waals surface area contributed by atoms with Crippen LogP contribution in [0, 0.1) is 4.64 Å². The molecule has 0 saturated carbocycles. The van der Waals surface area contributed by atoms with Crippen LogP contribution in [0.1, 0.15) is 12.5 Å². The van der Waals surface area contributed by atoms with E-state index in [1.165, 1.54) is 5.56 Å². The first kappa shape index (κ1) is 9.21. The van der Waals surface area contributed by atoms with Crippen molar-refractivity contribution in [3.63, 3.8) is 0 Å². The van der Waals surface area contributed by atoms with Crippen LogP contribution in [-0.4, -0.2) is 9.78 Å². The van der Waals surface area contributed by atoms with Gasteiger partial charge in [0.25, 0.3) is 0 Å². The van der Waals surface area contributed by atoms with Crippen LogP contribution in [0.2, 0.25) is 0 Å². The fraction of sp³-hybridized carbons (Fsp3) is 0.182. The SMILES string of the molecule is CCc1ccc(-n2[nH]ccc2=S)cc1. The number of benzene rings is 1. The normalized spacial score (nSPS) is 10.4. The Labute approximate surface area is 88.2 Å². The summed E-state index contributed by atoms with van der Waals surface area (Å²) >= 11 is 5.16. The van der Waals surface area contributed by atoms with Crippen LogP contribution in [0.25, 0.3) is 5.69 Å². The number of hydrogen-bond donors (Lipinski definition) is 1. The highest BCUT2D eigenvalue weighted by atomic mass is 32.1. The van der Waals surface area contributed by atoms with E-state index < -0.39 is 0 Å². The Balaban J connectivity index is 2.44. The first-order valence-electron chi connectivity index (χ1n) is 4.67. The number of rotatable bonds is 2. The topological polar surface area (TPSA) is 20.7 Å². The highest BCUT2D eigenvalue weighted by molar-refractivity contribution is 7.71. The van der Waals surface area contributed by atoms with Gasteiger partial charge in [-0.15, -0.1) is 0 Å². The molecule has 0 aliphatic heterocycles. The van der Waals surface area contributed by atoms with Gasteiger partial charge in [0.1, 0.15) is 4.64 Å². The zero-order chi connectivity index (χ0) is 9.97. The molecular weight excluding hydrogens is 192 g/mol. The fourth-order valence-electron chi connectivity index (χ4n) is 1.40. The Hall–Kier alpha value is -1.35. The van der Waals surface area contributed by atoms with Crippen LogP contribution in [0.5, 0.6) is 0 Å². The summed E-state index contributed by atoms with van der Waals surface area (Å²) in [4.78, 5) is 0. The summed E-state index contributed by atoms with van der Waals surface area (Å²) in [5.41, 5.74) is 2.42. The molecule has 1 aromatic carbocycles. The molecule has 0 aliphatic rings. The molecule has 0 aliphatic carbocycles. The Morgan fingerprint density at radius 3 is 2.43 bits per heavy atom. The molecule has 14 heavy (non-hydrogen) atoms. The summed E-state index contributed by atoms with van der Waals surface area (Å²) in [5, 5.41) is 3.07. The quantitative estimate of drug-likeness (QED) is 0.745. The lowest BCUT2D eigenvalue weighted by molar-refractivity contribution is 0.868. The van der Waals surface area contributed by atoms with Gasteiger partial charge in [0.05, 0.1) is 5.69 Å². The van der Waals surface area contributed by atoms with Gasteiger partial charge in [-0.2, -0.15) is 0 Å². The van der Waals surface area contributed by atoms with Crippen LogP contribution < -0.4 is 0 Å². The summed E-state index contributed by atoms with van der Waals surface area (Å²) in [6, 6.07) is 10.3. The van der Waals surface area contributed by atoms with Crippen molar-refractivity contribution in [1.82, 2.24) is 9.78 Å². The van der Waals surface area contributed by atoms with Crippen LogP contribution in [0.3, 0.4) is 0 Å². The minimum absolute atomic E-state index is 0.800. The van der Waals surface area contributed by atoms with E-state index in [1.54, 1.807) is 0 Å². The van der Waals surface area contributed by atoms with E-state index in [-0.39, 0.29) is 0 Å². The molecule has 0 saturated heterocycles. The molecule has 2 rings (SSSR count). The summed E-state index contributed by atoms with van der Waals surface area (Å²) < 4.78 is 2.68. The predicted octanol–water partition coefficient (Wildman–Crippen LogP) is 3.10. The average molecular weight is 204 g/mol. The molecule has 0 spiro atoms. The minimum Gasteiger partial charge on any atom is -0.300 e. The fourth-order valence-corrected chi connectivity index (χ4v) is 1.63. The third-order valence-corrected chi connectivity index (χ3v) is 2.57. The summed E-state index contributed by atoms with van der Waals surface area (Å²) in [6.45, 7) is 2.15. The predicted molar refractivity (Wildman–Crippen MR) is 60.3 cm³/mol. The van der Waals surface area contributed by atoms with Crippen molar-refractivity contribution in [1.29, 1.82) is 0 Å². The largest absolute Gasteiger partial charge is 0.300 e. The van der Waals surface area contributed by atoms with Gasteiger partial charge in [-0.05, 0) is 30.2 Å². The number of nitrogens with zero attached hydrogens (tertiary/aromatic N) is 1. The maximum Gasteiger partial charge on any atom is 0.127 e. The molecule has 0 bridgehead atoms. The number of H-pyrrole nitrogens is 1. The standard InChI is InChI=1S/C11H12N2S/c1-2-9-3-5-10(6-4-9)13-11(14)7-8-12-13/h3-8,12H,2H2,1H3. The van der Waals surface area contributed by atoms with E-state index >= 15 is 0 Å². The van der Waals surface area contributed by atoms with Gasteiger partial charge in [0.15, 0.2) is 0 Å². The molecule has 1 N–H and O–H groups in total. The van der Waals surface area contributed by atoms with Crippen LogP contribution in [0.4, 0.5) is 0 Å². The molecule has 2 nitrogen and oxygen atoms in total. The van der Waals surface area contributed by atoms with Gasteiger partial charge in [0, 0.05) is 6.20 Å². The molecule has 0 radical (unpaired) electrons. The van der Waals surface area contributed by atoms with Gasteiger partial charge in [0.2, 0.25) is 0 Å². The van der Waals surface area contributed by atoms with Crippen molar-refractivity contribution in [2.75, 3.05) is 0 Å². The van der Waals surface area contributed by atoms with Crippen molar-refractivity contribution in [3.05, 3.63) is 46.7 Å². The lowest BCUT2D eigenvalue weighted by Gasteiger charge is -2.03. The van der Waals surface area contributed by atoms with Crippen molar-refractivity contribution >= 4 is 12.2 Å². The van der Waals surface area contributed by atoms with Crippen LogP contribution in [0.15, 0.2) is 36.5 Å². The molecule has 3 heteroatoms. The van der Waals surface area contributed by atoms with Gasteiger partial charge in [-0.3, -0.25) is 0 Å². The van der Waals surface area contributed by atoms with Crippen LogP contribution in [-0.2, 0) is 6.42 Å². The van der Waals surface area contributed by atoms with E-state index in [2.05, 4.69) is 36.3 Å². The van der Waals surface area contributed by atoms with Gasteiger partial charge >= 0.3 is 0 Å². The van der Waals surface area contributed by atoms with Crippen molar-refractivity contribution < 1.29 is 0 Å². The third-order valence-electron chi connectivity index (χ3n) is 2.25. The molecular formula is C11H12N2S. The van der Waals surface area contributed by atoms with E-state index in [4.69, 9.17) is 12.2 Å². The monoisotopic (exact) mass is 204 g/mol. The highest BCUT2D eigenvalue weighted by Gasteiger charge is 1.96. The smallest absolute Gasteiger partial charge is 0.127 e. The average Bonchev–Trinajstić information content (AvgIpc) is 2.65. The second-order valence-electron chi connectivity index (χ2n) is 3.16. The highest BCUT2D eigenvalue weighted by Crippen LogP contribution is 2.09. The number of nitrogens with one attached hydrogen (secondary N) is 1. The molecule has 2 aromatic rings. The first-order chi connectivity index (χ1) is 6.81. The number of aromatic amines is 1. The third kappa shape index (κ3) is 1.63. The van der Waals surface area contributed by atoms with E-state index in [0.29, 0.717) is 0 Å². The molecule has 0 fully saturated rings. The number of hydrogen-bond acceptors (Lipinski definition) is 1. The lowest BCUT2D eigenvalue weighted by Crippen LogP contribution is -1.95. The summed E-state index contributed by atoms with van der Waals surface area (Å²) in [7, 11) is 0. The zero-order valence-electron chi connectivity index (χ0n) is 8.03. The van der Waals surface area contributed by atoms with E-state index in [0.717, 1.165) is 16.7 Å². The minimum atomic E-state index is 0.800. The van der Waals surface area contributed by atoms with Crippen molar-refractivity contribution in [2.45, 2.75) is 13.3 Å². The maximum atomic E-state index is 5.16.